The van der Waals surface area contributed by atoms with Gasteiger partial charge in [0.2, 0.25) is 17.7 Å². The van der Waals surface area contributed by atoms with Crippen LogP contribution in [0.25, 0.3) is 0 Å². The van der Waals surface area contributed by atoms with Gasteiger partial charge in [-0.3, -0.25) is 10.1 Å². The molecule has 6 nitrogen and oxygen atoms in total. The van der Waals surface area contributed by atoms with Crippen molar-refractivity contribution < 1.29 is 9.53 Å². The molecule has 0 radical (unpaired) electrons. The predicted molar refractivity (Wildman–Crippen MR) is 64.8 cm³/mol. The number of methoxy groups -OCH3 is 1. The fraction of sp³-hybridized carbons (Fsp3) is 0.545. The van der Waals surface area contributed by atoms with Crippen molar-refractivity contribution in [2.45, 2.75) is 32.7 Å². The van der Waals surface area contributed by atoms with Gasteiger partial charge in [-0.15, -0.1) is 0 Å². The van der Waals surface area contributed by atoms with Gasteiger partial charge in [-0.25, -0.2) is 4.98 Å². The maximum absolute atomic E-state index is 11.8. The van der Waals surface area contributed by atoms with E-state index in [0.29, 0.717) is 18.0 Å². The Morgan fingerprint density at radius 1 is 1.59 bits per heavy atom. The standard InChI is InChI=1S/C11H18N4O2/c1-5-11(3,12)9(16)15-10-13-7(2)6-8(14-10)17-4/h6H,5,12H2,1-4H3,(H,13,14,15,16). The summed E-state index contributed by atoms with van der Waals surface area (Å²) in [4.78, 5) is 19.9. The van der Waals surface area contributed by atoms with Crippen LogP contribution in [-0.4, -0.2) is 28.5 Å². The van der Waals surface area contributed by atoms with Crippen LogP contribution in [0.4, 0.5) is 5.95 Å². The molecule has 1 aromatic heterocycles. The van der Waals surface area contributed by atoms with Crippen molar-refractivity contribution in [3.63, 3.8) is 0 Å². The van der Waals surface area contributed by atoms with Gasteiger partial charge in [0.1, 0.15) is 0 Å². The van der Waals surface area contributed by atoms with Crippen molar-refractivity contribution in [3.05, 3.63) is 11.8 Å². The molecule has 0 aliphatic rings. The Morgan fingerprint density at radius 3 is 2.76 bits per heavy atom. The Kier molecular flexibility index (Phi) is 4.01. The molecule has 0 aromatic carbocycles. The number of ether oxygens (including phenoxy) is 1. The molecule has 6 heteroatoms. The third-order valence-corrected chi connectivity index (χ3v) is 2.52. The normalized spacial score (nSPS) is 13.9. The Morgan fingerprint density at radius 2 is 2.24 bits per heavy atom. The first-order chi connectivity index (χ1) is 7.89. The quantitative estimate of drug-likeness (QED) is 0.812. The van der Waals surface area contributed by atoms with Crippen molar-refractivity contribution in [3.8, 4) is 5.88 Å². The lowest BCUT2D eigenvalue weighted by molar-refractivity contribution is -0.120. The van der Waals surface area contributed by atoms with Gasteiger partial charge < -0.3 is 10.5 Å². The fourth-order valence-electron chi connectivity index (χ4n) is 1.11. The number of carbonyl (C=O) groups excluding carboxylic acids is 1. The lowest BCUT2D eigenvalue weighted by atomic mass is 10.00. The van der Waals surface area contributed by atoms with E-state index in [1.807, 2.05) is 6.92 Å². The first-order valence-electron chi connectivity index (χ1n) is 5.39. The largest absolute Gasteiger partial charge is 0.481 e. The minimum atomic E-state index is -0.930. The number of hydrogen-bond donors (Lipinski definition) is 2. The summed E-state index contributed by atoms with van der Waals surface area (Å²) in [6, 6.07) is 1.68. The molecule has 0 saturated carbocycles. The fourth-order valence-corrected chi connectivity index (χ4v) is 1.11. The van der Waals surface area contributed by atoms with E-state index in [2.05, 4.69) is 15.3 Å². The van der Waals surface area contributed by atoms with Crippen LogP contribution in [-0.2, 0) is 4.79 Å². The van der Waals surface area contributed by atoms with E-state index >= 15 is 0 Å². The first-order valence-corrected chi connectivity index (χ1v) is 5.39. The van der Waals surface area contributed by atoms with E-state index in [-0.39, 0.29) is 11.9 Å². The van der Waals surface area contributed by atoms with Gasteiger partial charge >= 0.3 is 0 Å². The highest BCUT2D eigenvalue weighted by molar-refractivity contribution is 5.96. The summed E-state index contributed by atoms with van der Waals surface area (Å²) in [5.41, 5.74) is 5.60. The minimum absolute atomic E-state index is 0.206. The molecule has 0 aliphatic carbocycles. The highest BCUT2D eigenvalue weighted by Crippen LogP contribution is 2.13. The van der Waals surface area contributed by atoms with Gasteiger partial charge in [-0.05, 0) is 20.3 Å². The molecule has 0 bridgehead atoms. The van der Waals surface area contributed by atoms with Crippen LogP contribution in [0, 0.1) is 6.92 Å². The number of rotatable bonds is 4. The molecule has 0 fully saturated rings. The van der Waals surface area contributed by atoms with Gasteiger partial charge in [0.25, 0.3) is 0 Å². The highest BCUT2D eigenvalue weighted by Gasteiger charge is 2.26. The van der Waals surface area contributed by atoms with Crippen LogP contribution in [0.3, 0.4) is 0 Å². The van der Waals surface area contributed by atoms with Crippen molar-refractivity contribution in [2.24, 2.45) is 5.73 Å². The third-order valence-electron chi connectivity index (χ3n) is 2.52. The molecular weight excluding hydrogens is 220 g/mol. The molecule has 0 saturated heterocycles. The molecule has 94 valence electrons. The lowest BCUT2D eigenvalue weighted by Gasteiger charge is -2.20. The maximum Gasteiger partial charge on any atom is 0.246 e. The van der Waals surface area contributed by atoms with E-state index in [1.165, 1.54) is 7.11 Å². The average molecular weight is 238 g/mol. The molecule has 3 N–H and O–H groups in total. The molecule has 1 rings (SSSR count). The molecule has 1 atom stereocenters. The molecule has 0 spiro atoms. The second-order valence-electron chi connectivity index (χ2n) is 4.10. The van der Waals surface area contributed by atoms with Crippen LogP contribution in [0.5, 0.6) is 5.88 Å². The zero-order valence-electron chi connectivity index (χ0n) is 10.6. The summed E-state index contributed by atoms with van der Waals surface area (Å²) in [7, 11) is 1.51. The average Bonchev–Trinajstić information content (AvgIpc) is 2.28. The van der Waals surface area contributed by atoms with Crippen molar-refractivity contribution >= 4 is 11.9 Å². The summed E-state index contributed by atoms with van der Waals surface area (Å²) in [6.45, 7) is 5.30. The zero-order chi connectivity index (χ0) is 13.1. The molecule has 1 heterocycles. The molecule has 0 aliphatic heterocycles. The van der Waals surface area contributed by atoms with E-state index in [1.54, 1.807) is 19.9 Å². The summed E-state index contributed by atoms with van der Waals surface area (Å²) in [6.07, 6.45) is 0.530. The topological polar surface area (TPSA) is 90.1 Å². The molecule has 1 unspecified atom stereocenters. The number of hydrogen-bond acceptors (Lipinski definition) is 5. The van der Waals surface area contributed by atoms with Crippen LogP contribution >= 0.6 is 0 Å². The molecule has 1 aromatic rings. The second kappa shape index (κ2) is 5.09. The van der Waals surface area contributed by atoms with Crippen molar-refractivity contribution in [2.75, 3.05) is 12.4 Å². The van der Waals surface area contributed by atoms with Gasteiger partial charge in [0.05, 0.1) is 12.6 Å². The number of amides is 1. The van der Waals surface area contributed by atoms with Crippen molar-refractivity contribution in [1.29, 1.82) is 0 Å². The third kappa shape index (κ3) is 3.39. The van der Waals surface area contributed by atoms with Gasteiger partial charge in [0, 0.05) is 11.8 Å². The zero-order valence-corrected chi connectivity index (χ0v) is 10.6. The van der Waals surface area contributed by atoms with Gasteiger partial charge in [-0.1, -0.05) is 6.92 Å². The van der Waals surface area contributed by atoms with E-state index in [0.717, 1.165) is 0 Å². The number of aromatic nitrogens is 2. The summed E-state index contributed by atoms with van der Waals surface area (Å²) >= 11 is 0. The number of anilines is 1. The van der Waals surface area contributed by atoms with E-state index in [4.69, 9.17) is 10.5 Å². The lowest BCUT2D eigenvalue weighted by Crippen LogP contribution is -2.48. The first kappa shape index (κ1) is 13.4. The molecule has 17 heavy (non-hydrogen) atoms. The second-order valence-corrected chi connectivity index (χ2v) is 4.10. The number of aryl methyl sites for hydroxylation is 1. The number of nitrogens with one attached hydrogen (secondary N) is 1. The Hall–Kier alpha value is -1.69. The van der Waals surface area contributed by atoms with Crippen LogP contribution in [0.2, 0.25) is 0 Å². The minimum Gasteiger partial charge on any atom is -0.481 e. The summed E-state index contributed by atoms with van der Waals surface area (Å²) < 4.78 is 5.00. The predicted octanol–water partition coefficient (Wildman–Crippen LogP) is 0.860. The number of nitrogens with two attached hydrogens (primary N) is 1. The SMILES string of the molecule is CCC(C)(N)C(=O)Nc1nc(C)cc(OC)n1. The number of carbonyl (C=O) groups is 1. The van der Waals surface area contributed by atoms with Gasteiger partial charge in [-0.2, -0.15) is 4.98 Å². The van der Waals surface area contributed by atoms with E-state index in [9.17, 15) is 4.79 Å². The Balaban J connectivity index is 2.88. The smallest absolute Gasteiger partial charge is 0.246 e. The Bertz CT molecular complexity index is 418. The number of nitrogens with zero attached hydrogens (tertiary/aromatic N) is 2. The van der Waals surface area contributed by atoms with Gasteiger partial charge in [0.15, 0.2) is 0 Å². The molecule has 1 amide bonds. The summed E-state index contributed by atoms with van der Waals surface area (Å²) in [5, 5.41) is 2.58. The van der Waals surface area contributed by atoms with Crippen LogP contribution < -0.4 is 15.8 Å². The monoisotopic (exact) mass is 238 g/mol. The van der Waals surface area contributed by atoms with Crippen LogP contribution in [0.15, 0.2) is 6.07 Å². The Labute approximate surface area is 101 Å². The molecular formula is C11H18N4O2. The van der Waals surface area contributed by atoms with Crippen molar-refractivity contribution in [1.82, 2.24) is 9.97 Å². The van der Waals surface area contributed by atoms with E-state index < -0.39 is 5.54 Å². The van der Waals surface area contributed by atoms with Crippen LogP contribution in [0.1, 0.15) is 26.0 Å². The maximum atomic E-state index is 11.8. The highest BCUT2D eigenvalue weighted by atomic mass is 16.5. The summed E-state index contributed by atoms with van der Waals surface area (Å²) in [5.74, 6) is 0.299.